The third-order valence-corrected chi connectivity index (χ3v) is 3.97. The minimum Gasteiger partial charge on any atom is -0.369 e. The van der Waals surface area contributed by atoms with Gasteiger partial charge in [0.15, 0.2) is 0 Å². The average Bonchev–Trinajstić information content (AvgIpc) is 2.51. The van der Waals surface area contributed by atoms with Crippen LogP contribution in [0.3, 0.4) is 0 Å². The molecule has 0 N–H and O–H groups in total. The van der Waals surface area contributed by atoms with Gasteiger partial charge in [-0.25, -0.2) is 0 Å². The molecule has 108 valence electrons. The number of nitrogens with zero attached hydrogens (tertiary/aromatic N) is 1. The van der Waals surface area contributed by atoms with Crippen molar-refractivity contribution in [1.29, 1.82) is 5.26 Å². The molecule has 0 saturated heterocycles. The lowest BCUT2D eigenvalue weighted by Crippen LogP contribution is -2.30. The highest BCUT2D eigenvalue weighted by molar-refractivity contribution is 5.39. The monoisotopic (exact) mass is 279 g/mol. The number of nitriles is 1. The van der Waals surface area contributed by atoms with Crippen LogP contribution in [-0.2, 0) is 10.3 Å². The van der Waals surface area contributed by atoms with Crippen LogP contribution in [0.5, 0.6) is 0 Å². The maximum atomic E-state index is 9.00. The van der Waals surface area contributed by atoms with Gasteiger partial charge in [0.25, 0.3) is 0 Å². The summed E-state index contributed by atoms with van der Waals surface area (Å²) in [7, 11) is 1.72. The smallest absolute Gasteiger partial charge is 0.119 e. The molecular weight excluding hydrogens is 258 g/mol. The Hall–Kier alpha value is -2.11. The van der Waals surface area contributed by atoms with Gasteiger partial charge in [-0.3, -0.25) is 0 Å². The number of methoxy groups -OCH3 is 1. The summed E-state index contributed by atoms with van der Waals surface area (Å²) in [4.78, 5) is 0. The molecule has 2 aromatic carbocycles. The minimum atomic E-state index is -0.558. The molecule has 0 aliphatic carbocycles. The first-order chi connectivity index (χ1) is 10.1. The maximum Gasteiger partial charge on any atom is 0.119 e. The Morgan fingerprint density at radius 3 is 1.67 bits per heavy atom. The molecule has 0 spiro atoms. The maximum absolute atomic E-state index is 9.00. The van der Waals surface area contributed by atoms with Crippen LogP contribution < -0.4 is 0 Å². The topological polar surface area (TPSA) is 33.0 Å². The van der Waals surface area contributed by atoms with E-state index >= 15 is 0 Å². The summed E-state index contributed by atoms with van der Waals surface area (Å²) >= 11 is 0. The third-order valence-electron chi connectivity index (χ3n) is 3.97. The SMILES string of the molecule is COC(CCC#N)(c1ccc(C)cc1)c1ccc(C)cc1. The van der Waals surface area contributed by atoms with E-state index in [1.54, 1.807) is 7.11 Å². The summed E-state index contributed by atoms with van der Waals surface area (Å²) in [5.41, 5.74) is 4.06. The predicted molar refractivity (Wildman–Crippen MR) is 85.0 cm³/mol. The number of hydrogen-bond acceptors (Lipinski definition) is 2. The molecule has 0 heterocycles. The van der Waals surface area contributed by atoms with Crippen molar-refractivity contribution >= 4 is 0 Å². The summed E-state index contributed by atoms with van der Waals surface area (Å²) in [5, 5.41) is 9.00. The minimum absolute atomic E-state index is 0.454. The van der Waals surface area contributed by atoms with Crippen molar-refractivity contribution in [3.05, 3.63) is 70.8 Å². The first kappa shape index (κ1) is 15.3. The fourth-order valence-corrected chi connectivity index (χ4v) is 2.67. The van der Waals surface area contributed by atoms with Gasteiger partial charge in [-0.05, 0) is 31.4 Å². The molecule has 2 aromatic rings. The van der Waals surface area contributed by atoms with Crippen LogP contribution in [0.15, 0.2) is 48.5 Å². The Labute approximate surface area is 127 Å². The van der Waals surface area contributed by atoms with Gasteiger partial charge in [0.2, 0.25) is 0 Å². The molecule has 0 bridgehead atoms. The van der Waals surface area contributed by atoms with Crippen LogP contribution >= 0.6 is 0 Å². The Morgan fingerprint density at radius 1 is 0.905 bits per heavy atom. The molecular formula is C19H21NO. The molecule has 0 radical (unpaired) electrons. The van der Waals surface area contributed by atoms with E-state index in [1.165, 1.54) is 11.1 Å². The van der Waals surface area contributed by atoms with Crippen LogP contribution in [0, 0.1) is 25.2 Å². The van der Waals surface area contributed by atoms with Crippen molar-refractivity contribution in [2.45, 2.75) is 32.3 Å². The van der Waals surface area contributed by atoms with E-state index in [0.717, 1.165) is 11.1 Å². The van der Waals surface area contributed by atoms with E-state index < -0.39 is 5.60 Å². The van der Waals surface area contributed by atoms with Crippen LogP contribution in [-0.4, -0.2) is 7.11 Å². The first-order valence-electron chi connectivity index (χ1n) is 7.19. The Bertz CT molecular complexity index is 575. The summed E-state index contributed by atoms with van der Waals surface area (Å²) in [6.45, 7) is 4.14. The van der Waals surface area contributed by atoms with Crippen molar-refractivity contribution in [1.82, 2.24) is 0 Å². The number of aryl methyl sites for hydroxylation is 2. The van der Waals surface area contributed by atoms with Gasteiger partial charge < -0.3 is 4.74 Å². The zero-order valence-corrected chi connectivity index (χ0v) is 12.9. The molecule has 2 nitrogen and oxygen atoms in total. The molecule has 0 aromatic heterocycles. The summed E-state index contributed by atoms with van der Waals surface area (Å²) in [6.07, 6.45) is 1.10. The van der Waals surface area contributed by atoms with Crippen molar-refractivity contribution < 1.29 is 4.74 Å². The molecule has 0 unspecified atom stereocenters. The second-order valence-electron chi connectivity index (χ2n) is 5.42. The number of rotatable bonds is 5. The molecule has 21 heavy (non-hydrogen) atoms. The van der Waals surface area contributed by atoms with Crippen LogP contribution in [0.2, 0.25) is 0 Å². The first-order valence-corrected chi connectivity index (χ1v) is 7.19. The summed E-state index contributed by atoms with van der Waals surface area (Å²) in [5.74, 6) is 0. The molecule has 0 aliphatic heterocycles. The lowest BCUT2D eigenvalue weighted by Gasteiger charge is -2.33. The molecule has 0 atom stereocenters. The molecule has 0 saturated carbocycles. The zero-order chi connectivity index (χ0) is 15.3. The van der Waals surface area contributed by atoms with E-state index in [2.05, 4.69) is 68.4 Å². The predicted octanol–water partition coefficient (Wildman–Crippen LogP) is 4.50. The fraction of sp³-hybridized carbons (Fsp3) is 0.316. The van der Waals surface area contributed by atoms with Gasteiger partial charge in [-0.2, -0.15) is 5.26 Å². The van der Waals surface area contributed by atoms with E-state index in [9.17, 15) is 0 Å². The highest BCUT2D eigenvalue weighted by Gasteiger charge is 2.33. The molecule has 2 heteroatoms. The highest BCUT2D eigenvalue weighted by atomic mass is 16.5. The largest absolute Gasteiger partial charge is 0.369 e. The number of ether oxygens (including phenoxy) is 1. The van der Waals surface area contributed by atoms with Gasteiger partial charge in [0, 0.05) is 13.5 Å². The zero-order valence-electron chi connectivity index (χ0n) is 12.9. The average molecular weight is 279 g/mol. The highest BCUT2D eigenvalue weighted by Crippen LogP contribution is 2.37. The normalized spacial score (nSPS) is 11.1. The van der Waals surface area contributed by atoms with Crippen LogP contribution in [0.1, 0.15) is 35.1 Å². The van der Waals surface area contributed by atoms with E-state index in [-0.39, 0.29) is 0 Å². The Kier molecular flexibility index (Phi) is 4.77. The Morgan fingerprint density at radius 2 is 1.33 bits per heavy atom. The molecule has 0 amide bonds. The second kappa shape index (κ2) is 6.56. The van der Waals surface area contributed by atoms with Crippen LogP contribution in [0.25, 0.3) is 0 Å². The fourth-order valence-electron chi connectivity index (χ4n) is 2.67. The lowest BCUT2D eigenvalue weighted by atomic mass is 9.82. The van der Waals surface area contributed by atoms with Crippen molar-refractivity contribution in [3.8, 4) is 6.07 Å². The quantitative estimate of drug-likeness (QED) is 0.807. The number of hydrogen-bond donors (Lipinski definition) is 0. The van der Waals surface area contributed by atoms with E-state index in [4.69, 9.17) is 10.00 Å². The summed E-state index contributed by atoms with van der Waals surface area (Å²) < 4.78 is 5.94. The molecule has 0 fully saturated rings. The second-order valence-corrected chi connectivity index (χ2v) is 5.42. The van der Waals surface area contributed by atoms with Gasteiger partial charge in [0.1, 0.15) is 5.60 Å². The third kappa shape index (κ3) is 3.15. The lowest BCUT2D eigenvalue weighted by molar-refractivity contribution is 0.0156. The van der Waals surface area contributed by atoms with Crippen molar-refractivity contribution in [2.75, 3.05) is 7.11 Å². The number of benzene rings is 2. The Balaban J connectivity index is 2.54. The van der Waals surface area contributed by atoms with Gasteiger partial charge in [-0.15, -0.1) is 0 Å². The molecule has 2 rings (SSSR count). The summed E-state index contributed by atoms with van der Waals surface area (Å²) in [6, 6.07) is 19.0. The standard InChI is InChI=1S/C19H21NO/c1-15-5-9-17(10-6-15)19(21-3,13-4-14-20)18-11-7-16(2)8-12-18/h5-12H,4,13H2,1-3H3. The van der Waals surface area contributed by atoms with Gasteiger partial charge in [0.05, 0.1) is 6.07 Å². The van der Waals surface area contributed by atoms with E-state index in [0.29, 0.717) is 12.8 Å². The molecule has 0 aliphatic rings. The van der Waals surface area contributed by atoms with Crippen LogP contribution in [0.4, 0.5) is 0 Å². The van der Waals surface area contributed by atoms with Gasteiger partial charge in [-0.1, -0.05) is 59.7 Å². The van der Waals surface area contributed by atoms with Crippen molar-refractivity contribution in [2.24, 2.45) is 0 Å². The van der Waals surface area contributed by atoms with E-state index in [1.807, 2.05) is 0 Å². The van der Waals surface area contributed by atoms with Gasteiger partial charge >= 0.3 is 0 Å². The van der Waals surface area contributed by atoms with Crippen molar-refractivity contribution in [3.63, 3.8) is 0 Å².